The van der Waals surface area contributed by atoms with Crippen molar-refractivity contribution in [3.05, 3.63) is 84.4 Å². The number of hydrogen-bond donors (Lipinski definition) is 2. The molecule has 0 aromatic heterocycles. The van der Waals surface area contributed by atoms with Crippen LogP contribution in [0.25, 0.3) is 0 Å². The predicted molar refractivity (Wildman–Crippen MR) is 103 cm³/mol. The molecule has 128 valence electrons. The van der Waals surface area contributed by atoms with Crippen molar-refractivity contribution in [3.63, 3.8) is 0 Å². The Labute approximate surface area is 148 Å². The molecular weight excluding hydrogens is 332 g/mol. The number of para-hydroxylation sites is 1. The molecule has 0 unspecified atom stereocenters. The zero-order valence-electron chi connectivity index (χ0n) is 13.9. The van der Waals surface area contributed by atoms with Crippen LogP contribution in [0.2, 0.25) is 0 Å². The zero-order chi connectivity index (χ0) is 17.7. The first kappa shape index (κ1) is 17.0. The molecule has 0 bridgehead atoms. The Balaban J connectivity index is 1.71. The normalized spacial score (nSPS) is 11.1. The van der Waals surface area contributed by atoms with Crippen LogP contribution in [0, 0.1) is 0 Å². The third kappa shape index (κ3) is 4.39. The molecule has 0 aliphatic heterocycles. The predicted octanol–water partition coefficient (Wildman–Crippen LogP) is 4.79. The van der Waals surface area contributed by atoms with Gasteiger partial charge < -0.3 is 5.32 Å². The van der Waals surface area contributed by atoms with Gasteiger partial charge in [0.25, 0.3) is 10.0 Å². The lowest BCUT2D eigenvalue weighted by Gasteiger charge is -2.10. The van der Waals surface area contributed by atoms with Gasteiger partial charge in [-0.05, 0) is 60.5 Å². The summed E-state index contributed by atoms with van der Waals surface area (Å²) in [5, 5.41) is 3.26. The van der Waals surface area contributed by atoms with Crippen LogP contribution in [0.1, 0.15) is 12.5 Å². The van der Waals surface area contributed by atoms with Crippen LogP contribution >= 0.6 is 0 Å². The van der Waals surface area contributed by atoms with Crippen LogP contribution in [-0.2, 0) is 16.4 Å². The van der Waals surface area contributed by atoms with Gasteiger partial charge >= 0.3 is 0 Å². The average molecular weight is 352 g/mol. The molecule has 0 spiro atoms. The topological polar surface area (TPSA) is 58.2 Å². The fourth-order valence-electron chi connectivity index (χ4n) is 2.43. The molecule has 5 heteroatoms. The lowest BCUT2D eigenvalue weighted by atomic mass is 10.2. The fraction of sp³-hybridized carbons (Fsp3) is 0.100. The van der Waals surface area contributed by atoms with E-state index in [9.17, 15) is 8.42 Å². The quantitative estimate of drug-likeness (QED) is 0.670. The number of sulfonamides is 1. The van der Waals surface area contributed by atoms with Crippen molar-refractivity contribution in [1.82, 2.24) is 0 Å². The molecule has 0 fully saturated rings. The summed E-state index contributed by atoms with van der Waals surface area (Å²) in [7, 11) is -3.58. The number of aryl methyl sites for hydroxylation is 1. The second-order valence-corrected chi connectivity index (χ2v) is 7.35. The summed E-state index contributed by atoms with van der Waals surface area (Å²) in [4.78, 5) is 0.260. The Bertz CT molecular complexity index is 920. The maximum atomic E-state index is 12.5. The number of nitrogens with one attached hydrogen (secondary N) is 2. The van der Waals surface area contributed by atoms with Crippen molar-refractivity contribution in [2.45, 2.75) is 18.2 Å². The van der Waals surface area contributed by atoms with Gasteiger partial charge in [-0.2, -0.15) is 0 Å². The van der Waals surface area contributed by atoms with Crippen molar-refractivity contribution in [1.29, 1.82) is 0 Å². The van der Waals surface area contributed by atoms with E-state index < -0.39 is 10.0 Å². The van der Waals surface area contributed by atoms with Gasteiger partial charge in [0.05, 0.1) is 4.90 Å². The van der Waals surface area contributed by atoms with Crippen molar-refractivity contribution in [2.75, 3.05) is 10.0 Å². The molecular formula is C20H20N2O2S. The highest BCUT2D eigenvalue weighted by Gasteiger charge is 2.13. The van der Waals surface area contributed by atoms with E-state index in [1.54, 1.807) is 24.3 Å². The van der Waals surface area contributed by atoms with Gasteiger partial charge in [0, 0.05) is 17.1 Å². The second kappa shape index (κ2) is 7.40. The minimum atomic E-state index is -3.58. The van der Waals surface area contributed by atoms with Crippen molar-refractivity contribution >= 4 is 27.1 Å². The van der Waals surface area contributed by atoms with Crippen LogP contribution in [0.3, 0.4) is 0 Å². The van der Waals surface area contributed by atoms with E-state index in [0.717, 1.165) is 23.4 Å². The lowest BCUT2D eigenvalue weighted by molar-refractivity contribution is 0.601. The third-order valence-electron chi connectivity index (χ3n) is 3.84. The monoisotopic (exact) mass is 352 g/mol. The Morgan fingerprint density at radius 2 is 1.28 bits per heavy atom. The van der Waals surface area contributed by atoms with Crippen LogP contribution in [-0.4, -0.2) is 8.42 Å². The molecule has 0 radical (unpaired) electrons. The summed E-state index contributed by atoms with van der Waals surface area (Å²) >= 11 is 0. The van der Waals surface area contributed by atoms with Gasteiger partial charge in [-0.3, -0.25) is 4.72 Å². The standard InChI is InChI=1S/C20H20N2O2S/c1-2-16-8-14-20(15-9-16)25(23,24)22-19-12-10-18(11-13-19)21-17-6-4-3-5-7-17/h3-15,21-22H,2H2,1H3. The second-order valence-electron chi connectivity index (χ2n) is 5.67. The first-order chi connectivity index (χ1) is 12.1. The third-order valence-corrected chi connectivity index (χ3v) is 5.24. The maximum Gasteiger partial charge on any atom is 0.261 e. The SMILES string of the molecule is CCc1ccc(S(=O)(=O)Nc2ccc(Nc3ccccc3)cc2)cc1. The van der Waals surface area contributed by atoms with Gasteiger partial charge in [-0.15, -0.1) is 0 Å². The van der Waals surface area contributed by atoms with Crippen LogP contribution in [0.15, 0.2) is 83.8 Å². The van der Waals surface area contributed by atoms with E-state index in [1.807, 2.05) is 61.5 Å². The first-order valence-electron chi connectivity index (χ1n) is 8.11. The molecule has 25 heavy (non-hydrogen) atoms. The molecule has 0 atom stereocenters. The van der Waals surface area contributed by atoms with E-state index >= 15 is 0 Å². The molecule has 0 amide bonds. The molecule has 0 heterocycles. The number of anilines is 3. The summed E-state index contributed by atoms with van der Waals surface area (Å²) in [6.45, 7) is 2.03. The molecule has 0 saturated heterocycles. The van der Waals surface area contributed by atoms with E-state index in [-0.39, 0.29) is 4.90 Å². The molecule has 0 saturated carbocycles. The van der Waals surface area contributed by atoms with Crippen molar-refractivity contribution in [2.24, 2.45) is 0 Å². The smallest absolute Gasteiger partial charge is 0.261 e. The summed E-state index contributed by atoms with van der Waals surface area (Å²) in [5.74, 6) is 0. The molecule has 3 aromatic rings. The Hall–Kier alpha value is -2.79. The van der Waals surface area contributed by atoms with Crippen LogP contribution < -0.4 is 10.0 Å². The molecule has 2 N–H and O–H groups in total. The minimum Gasteiger partial charge on any atom is -0.356 e. The number of rotatable bonds is 6. The maximum absolute atomic E-state index is 12.5. The average Bonchev–Trinajstić information content (AvgIpc) is 2.64. The summed E-state index contributed by atoms with van der Waals surface area (Å²) < 4.78 is 27.5. The molecule has 0 aliphatic rings. The van der Waals surface area contributed by atoms with Crippen molar-refractivity contribution < 1.29 is 8.42 Å². The van der Waals surface area contributed by atoms with E-state index in [0.29, 0.717) is 5.69 Å². The molecule has 0 aliphatic carbocycles. The summed E-state index contributed by atoms with van der Waals surface area (Å²) in [6, 6.07) is 23.9. The Morgan fingerprint density at radius 1 is 0.720 bits per heavy atom. The van der Waals surface area contributed by atoms with Gasteiger partial charge in [0.15, 0.2) is 0 Å². The van der Waals surface area contributed by atoms with Crippen LogP contribution in [0.4, 0.5) is 17.1 Å². The number of benzene rings is 3. The summed E-state index contributed by atoms with van der Waals surface area (Å²) in [6.07, 6.45) is 0.879. The highest BCUT2D eigenvalue weighted by atomic mass is 32.2. The van der Waals surface area contributed by atoms with E-state index in [2.05, 4.69) is 10.0 Å². The highest BCUT2D eigenvalue weighted by Crippen LogP contribution is 2.21. The Kier molecular flexibility index (Phi) is 5.05. The van der Waals surface area contributed by atoms with Gasteiger partial charge in [0.1, 0.15) is 0 Å². The largest absolute Gasteiger partial charge is 0.356 e. The fourth-order valence-corrected chi connectivity index (χ4v) is 3.49. The Morgan fingerprint density at radius 3 is 1.88 bits per heavy atom. The van der Waals surface area contributed by atoms with E-state index in [4.69, 9.17) is 0 Å². The zero-order valence-corrected chi connectivity index (χ0v) is 14.8. The molecule has 3 aromatic carbocycles. The number of hydrogen-bond acceptors (Lipinski definition) is 3. The van der Waals surface area contributed by atoms with Gasteiger partial charge in [0.2, 0.25) is 0 Å². The lowest BCUT2D eigenvalue weighted by Crippen LogP contribution is -2.12. The van der Waals surface area contributed by atoms with Gasteiger partial charge in [-0.1, -0.05) is 37.3 Å². The molecule has 3 rings (SSSR count). The molecule has 4 nitrogen and oxygen atoms in total. The van der Waals surface area contributed by atoms with Crippen molar-refractivity contribution in [3.8, 4) is 0 Å². The summed E-state index contributed by atoms with van der Waals surface area (Å²) in [5.41, 5.74) is 3.50. The van der Waals surface area contributed by atoms with E-state index in [1.165, 1.54) is 0 Å². The minimum absolute atomic E-state index is 0.260. The highest BCUT2D eigenvalue weighted by molar-refractivity contribution is 7.92. The van der Waals surface area contributed by atoms with Crippen LogP contribution in [0.5, 0.6) is 0 Å². The van der Waals surface area contributed by atoms with Gasteiger partial charge in [-0.25, -0.2) is 8.42 Å². The first-order valence-corrected chi connectivity index (χ1v) is 9.59.